The van der Waals surface area contributed by atoms with Crippen molar-refractivity contribution >= 4 is 29.0 Å². The van der Waals surface area contributed by atoms with Crippen molar-refractivity contribution in [1.82, 2.24) is 14.9 Å². The van der Waals surface area contributed by atoms with Crippen LogP contribution in [0.5, 0.6) is 0 Å². The fourth-order valence-electron chi connectivity index (χ4n) is 4.68. The summed E-state index contributed by atoms with van der Waals surface area (Å²) in [6.45, 7) is 7.56. The average Bonchev–Trinajstić information content (AvgIpc) is 3.67. The van der Waals surface area contributed by atoms with Gasteiger partial charge in [-0.3, -0.25) is 19.5 Å². The van der Waals surface area contributed by atoms with Gasteiger partial charge in [-0.2, -0.15) is 5.26 Å². The maximum Gasteiger partial charge on any atom is 0.228 e. The first kappa shape index (κ1) is 24.6. The molecule has 0 spiro atoms. The van der Waals surface area contributed by atoms with Gasteiger partial charge in [0.1, 0.15) is 11.9 Å². The van der Waals surface area contributed by atoms with E-state index in [9.17, 15) is 14.9 Å². The number of carbonyl (C=O) groups excluding carboxylic acids is 2. The van der Waals surface area contributed by atoms with Crippen LogP contribution in [0.15, 0.2) is 24.4 Å². The molecule has 35 heavy (non-hydrogen) atoms. The maximum absolute atomic E-state index is 12.8. The molecular weight excluding hydrogens is 444 g/mol. The normalized spacial score (nSPS) is 17.7. The van der Waals surface area contributed by atoms with Crippen molar-refractivity contribution in [3.63, 3.8) is 0 Å². The van der Waals surface area contributed by atoms with Crippen molar-refractivity contribution in [1.29, 1.82) is 5.26 Å². The molecule has 1 atom stereocenters. The number of piperazine rings is 1. The van der Waals surface area contributed by atoms with E-state index in [1.165, 1.54) is 6.92 Å². The molecule has 1 saturated carbocycles. The Kier molecular flexibility index (Phi) is 7.31. The highest BCUT2D eigenvalue weighted by Crippen LogP contribution is 2.46. The number of nitrogens with zero attached hydrogens (tertiary/aromatic N) is 6. The zero-order valence-electron chi connectivity index (χ0n) is 20.8. The molecule has 2 amide bonds. The fourth-order valence-corrected chi connectivity index (χ4v) is 4.68. The lowest BCUT2D eigenvalue weighted by Crippen LogP contribution is -2.54. The molecule has 1 saturated heterocycles. The molecule has 184 valence electrons. The van der Waals surface area contributed by atoms with Crippen LogP contribution in [-0.4, -0.2) is 66.1 Å². The Morgan fingerprint density at radius 2 is 2.06 bits per heavy atom. The van der Waals surface area contributed by atoms with E-state index < -0.39 is 0 Å². The molecule has 2 aromatic heterocycles. The van der Waals surface area contributed by atoms with Crippen LogP contribution in [0.25, 0.3) is 0 Å². The van der Waals surface area contributed by atoms with Gasteiger partial charge in [0.25, 0.3) is 0 Å². The number of nitriles is 1. The largest absolute Gasteiger partial charge is 0.384 e. The number of aryl methyl sites for hydroxylation is 1. The van der Waals surface area contributed by atoms with Gasteiger partial charge in [0.15, 0.2) is 0 Å². The molecule has 1 aliphatic heterocycles. The van der Waals surface area contributed by atoms with E-state index in [2.05, 4.69) is 16.0 Å². The van der Waals surface area contributed by atoms with E-state index in [4.69, 9.17) is 9.72 Å². The monoisotopic (exact) mass is 476 g/mol. The first-order valence-corrected chi connectivity index (χ1v) is 12.1. The number of amides is 2. The van der Waals surface area contributed by atoms with Crippen molar-refractivity contribution < 1.29 is 14.3 Å². The number of pyridine rings is 2. The lowest BCUT2D eigenvalue weighted by Gasteiger charge is -2.41. The third-order valence-electron chi connectivity index (χ3n) is 6.56. The van der Waals surface area contributed by atoms with Crippen LogP contribution in [0.1, 0.15) is 56.0 Å². The Morgan fingerprint density at radius 1 is 1.29 bits per heavy atom. The van der Waals surface area contributed by atoms with Crippen LogP contribution in [0, 0.1) is 18.3 Å². The number of ether oxygens (including phenoxy) is 1. The van der Waals surface area contributed by atoms with E-state index in [0.29, 0.717) is 55.4 Å². The molecule has 2 fully saturated rings. The van der Waals surface area contributed by atoms with Gasteiger partial charge in [-0.25, -0.2) is 4.98 Å². The summed E-state index contributed by atoms with van der Waals surface area (Å²) in [6, 6.07) is 7.75. The lowest BCUT2D eigenvalue weighted by atomic mass is 10.1. The standard InChI is InChI=1S/C26H32N6O3/c1-17-13-22(7-9-28-17)32(19(3)33)23-14-21(15-27)26(29-25(23)20-5-6-20)30-10-11-31(18(2)16-30)24(34)8-12-35-4/h7,9,13-14,18,20H,5-6,8,10-12,16H2,1-4H3. The van der Waals surface area contributed by atoms with Gasteiger partial charge in [0.2, 0.25) is 11.8 Å². The Bertz CT molecular complexity index is 1160. The van der Waals surface area contributed by atoms with Gasteiger partial charge in [0, 0.05) is 57.5 Å². The van der Waals surface area contributed by atoms with Crippen LogP contribution < -0.4 is 9.80 Å². The molecule has 3 heterocycles. The molecule has 0 N–H and O–H groups in total. The predicted molar refractivity (Wildman–Crippen MR) is 133 cm³/mol. The van der Waals surface area contributed by atoms with Gasteiger partial charge < -0.3 is 14.5 Å². The summed E-state index contributed by atoms with van der Waals surface area (Å²) in [6.07, 6.45) is 4.05. The molecule has 4 rings (SSSR count). The topological polar surface area (TPSA) is 103 Å². The minimum atomic E-state index is -0.146. The van der Waals surface area contributed by atoms with Crippen LogP contribution >= 0.6 is 0 Å². The van der Waals surface area contributed by atoms with Crippen molar-refractivity contribution in [3.8, 4) is 6.07 Å². The predicted octanol–water partition coefficient (Wildman–Crippen LogP) is 3.29. The summed E-state index contributed by atoms with van der Waals surface area (Å²) < 4.78 is 5.05. The summed E-state index contributed by atoms with van der Waals surface area (Å²) >= 11 is 0. The quantitative estimate of drug-likeness (QED) is 0.604. The van der Waals surface area contributed by atoms with E-state index >= 15 is 0 Å². The smallest absolute Gasteiger partial charge is 0.228 e. The van der Waals surface area contributed by atoms with E-state index in [1.807, 2.05) is 24.8 Å². The van der Waals surface area contributed by atoms with Gasteiger partial charge in [-0.05, 0) is 44.9 Å². The first-order chi connectivity index (χ1) is 16.8. The molecule has 1 aliphatic carbocycles. The van der Waals surface area contributed by atoms with Gasteiger partial charge >= 0.3 is 0 Å². The molecule has 0 aromatic carbocycles. The number of hydrogen-bond donors (Lipinski definition) is 0. The van der Waals surface area contributed by atoms with Crippen LogP contribution in [0.4, 0.5) is 17.2 Å². The SMILES string of the molecule is COCCC(=O)N1CCN(c2nc(C3CC3)c(N(C(C)=O)c3ccnc(C)c3)cc2C#N)CC1C. The molecule has 0 bridgehead atoms. The molecule has 2 aromatic rings. The minimum absolute atomic E-state index is 0.0148. The third kappa shape index (κ3) is 5.28. The Balaban J connectivity index is 1.68. The zero-order valence-corrected chi connectivity index (χ0v) is 20.8. The van der Waals surface area contributed by atoms with Gasteiger partial charge in [0.05, 0.1) is 35.7 Å². The second kappa shape index (κ2) is 10.4. The van der Waals surface area contributed by atoms with E-state index in [1.54, 1.807) is 30.3 Å². The Labute approximate surface area is 206 Å². The van der Waals surface area contributed by atoms with Gasteiger partial charge in [-0.1, -0.05) is 0 Å². The van der Waals surface area contributed by atoms with Crippen molar-refractivity contribution in [2.75, 3.05) is 43.2 Å². The number of methoxy groups -OCH3 is 1. The molecule has 2 aliphatic rings. The van der Waals surface area contributed by atoms with Crippen LogP contribution in [0.3, 0.4) is 0 Å². The van der Waals surface area contributed by atoms with E-state index in [-0.39, 0.29) is 23.8 Å². The number of anilines is 3. The molecule has 1 unspecified atom stereocenters. The summed E-state index contributed by atoms with van der Waals surface area (Å²) in [5, 5.41) is 10.0. The highest BCUT2D eigenvalue weighted by atomic mass is 16.5. The van der Waals surface area contributed by atoms with E-state index in [0.717, 1.165) is 24.2 Å². The summed E-state index contributed by atoms with van der Waals surface area (Å²) in [7, 11) is 1.59. The van der Waals surface area contributed by atoms with Crippen LogP contribution in [-0.2, 0) is 14.3 Å². The second-order valence-corrected chi connectivity index (χ2v) is 9.28. The van der Waals surface area contributed by atoms with Crippen molar-refractivity contribution in [3.05, 3.63) is 41.3 Å². The number of aromatic nitrogens is 2. The average molecular weight is 477 g/mol. The summed E-state index contributed by atoms with van der Waals surface area (Å²) in [5.41, 5.74) is 3.44. The minimum Gasteiger partial charge on any atom is -0.384 e. The van der Waals surface area contributed by atoms with Crippen molar-refractivity contribution in [2.45, 2.75) is 52.0 Å². The third-order valence-corrected chi connectivity index (χ3v) is 6.56. The fraction of sp³-hybridized carbons (Fsp3) is 0.500. The Hall–Kier alpha value is -3.51. The highest BCUT2D eigenvalue weighted by molar-refractivity contribution is 6.00. The first-order valence-electron chi connectivity index (χ1n) is 12.1. The Morgan fingerprint density at radius 3 is 2.66 bits per heavy atom. The summed E-state index contributed by atoms with van der Waals surface area (Å²) in [4.78, 5) is 40.2. The lowest BCUT2D eigenvalue weighted by molar-refractivity contribution is -0.134. The number of rotatable bonds is 7. The molecule has 0 radical (unpaired) electrons. The van der Waals surface area contributed by atoms with Crippen LogP contribution in [0.2, 0.25) is 0 Å². The van der Waals surface area contributed by atoms with Gasteiger partial charge in [-0.15, -0.1) is 0 Å². The molecule has 9 heteroatoms. The maximum atomic E-state index is 12.8. The second-order valence-electron chi connectivity index (χ2n) is 9.28. The molecule has 9 nitrogen and oxygen atoms in total. The summed E-state index contributed by atoms with van der Waals surface area (Å²) in [5.74, 6) is 0.818. The highest BCUT2D eigenvalue weighted by Gasteiger charge is 2.35. The van der Waals surface area contributed by atoms with Crippen molar-refractivity contribution in [2.24, 2.45) is 0 Å². The molecular formula is C26H32N6O3. The number of hydrogen-bond acceptors (Lipinski definition) is 7. The zero-order chi connectivity index (χ0) is 25.1. The number of carbonyl (C=O) groups is 2.